The summed E-state index contributed by atoms with van der Waals surface area (Å²) in [6.07, 6.45) is 1.64. The molecule has 0 radical (unpaired) electrons. The van der Waals surface area contributed by atoms with Crippen molar-refractivity contribution in [3.05, 3.63) is 89.0 Å². The lowest BCUT2D eigenvalue weighted by Gasteiger charge is -2.09. The zero-order valence-electron chi connectivity index (χ0n) is 16.1. The maximum Gasteiger partial charge on any atom is 0.336 e. The highest BCUT2D eigenvalue weighted by atomic mass is 16.5. The highest BCUT2D eigenvalue weighted by Crippen LogP contribution is 2.26. The topological polar surface area (TPSA) is 55.8 Å². The van der Waals surface area contributed by atoms with Crippen LogP contribution in [0.15, 0.2) is 66.7 Å². The summed E-state index contributed by atoms with van der Waals surface area (Å²) in [5, 5.41) is 9.59. The van der Waals surface area contributed by atoms with Crippen LogP contribution in [0.5, 0.6) is 17.2 Å². The zero-order chi connectivity index (χ0) is 20.1. The molecule has 0 spiro atoms. The molecule has 3 aromatic rings. The summed E-state index contributed by atoms with van der Waals surface area (Å²) in [4.78, 5) is 11.7. The molecule has 4 nitrogen and oxygen atoms in total. The second kappa shape index (κ2) is 8.44. The summed E-state index contributed by atoms with van der Waals surface area (Å²) < 4.78 is 11.0. The molecular weight excluding hydrogens is 352 g/mol. The molecule has 0 saturated carbocycles. The number of hydrogen-bond donors (Lipinski definition) is 1. The lowest BCUT2D eigenvalue weighted by molar-refractivity contribution is -0.130. The Morgan fingerprint density at radius 2 is 1.43 bits per heavy atom. The molecular formula is C24H22O4. The molecule has 3 rings (SSSR count). The Labute approximate surface area is 164 Å². The van der Waals surface area contributed by atoms with Gasteiger partial charge in [0.05, 0.1) is 12.7 Å². The van der Waals surface area contributed by atoms with Gasteiger partial charge in [0.25, 0.3) is 0 Å². The van der Waals surface area contributed by atoms with Gasteiger partial charge >= 0.3 is 5.97 Å². The first-order valence-corrected chi connectivity index (χ1v) is 8.91. The third-order valence-electron chi connectivity index (χ3n) is 4.54. The van der Waals surface area contributed by atoms with Crippen LogP contribution < -0.4 is 9.47 Å². The van der Waals surface area contributed by atoms with Crippen LogP contribution in [0.3, 0.4) is 0 Å². The van der Waals surface area contributed by atoms with E-state index in [1.807, 2.05) is 49.4 Å². The van der Waals surface area contributed by atoms with Gasteiger partial charge in [-0.1, -0.05) is 30.3 Å². The molecule has 0 heterocycles. The molecule has 0 bridgehead atoms. The summed E-state index contributed by atoms with van der Waals surface area (Å²) in [6.45, 7) is 4.10. The van der Waals surface area contributed by atoms with Crippen molar-refractivity contribution in [3.63, 3.8) is 0 Å². The van der Waals surface area contributed by atoms with Gasteiger partial charge in [0, 0.05) is 0 Å². The van der Waals surface area contributed by atoms with E-state index in [9.17, 15) is 9.90 Å². The van der Waals surface area contributed by atoms with Gasteiger partial charge in [0.1, 0.15) is 17.2 Å². The first kappa shape index (κ1) is 19.2. The van der Waals surface area contributed by atoms with Gasteiger partial charge in [0.2, 0.25) is 0 Å². The number of methoxy groups -OCH3 is 1. The molecule has 28 heavy (non-hydrogen) atoms. The summed E-state index contributed by atoms with van der Waals surface area (Å²) >= 11 is 0. The van der Waals surface area contributed by atoms with Gasteiger partial charge in [-0.25, -0.2) is 4.79 Å². The predicted octanol–water partition coefficient (Wildman–Crippen LogP) is 5.73. The molecule has 0 atom stereocenters. The molecule has 0 amide bonds. The van der Waals surface area contributed by atoms with Crippen LogP contribution in [0.4, 0.5) is 0 Å². The summed E-state index contributed by atoms with van der Waals surface area (Å²) in [7, 11) is 1.57. The Kier molecular flexibility index (Phi) is 5.80. The Bertz CT molecular complexity index is 1000. The van der Waals surface area contributed by atoms with Crippen molar-refractivity contribution in [1.29, 1.82) is 0 Å². The first-order chi connectivity index (χ1) is 13.5. The monoisotopic (exact) mass is 374 g/mol. The van der Waals surface area contributed by atoms with Crippen molar-refractivity contribution in [2.24, 2.45) is 0 Å². The number of aliphatic carboxylic acids is 1. The standard InChI is InChI=1S/C24H22O4/c1-16-4-9-22(14-17(16)2)28-21-10-5-18(6-11-21)15-23(24(25)26)19-7-12-20(27-3)13-8-19/h4-15H,1-3H3,(H,25,26)/b23-15+. The first-order valence-electron chi connectivity index (χ1n) is 8.91. The van der Waals surface area contributed by atoms with Crippen LogP contribution in [0, 0.1) is 13.8 Å². The minimum Gasteiger partial charge on any atom is -0.497 e. The molecule has 0 unspecified atom stereocenters. The summed E-state index contributed by atoms with van der Waals surface area (Å²) in [5.41, 5.74) is 3.99. The molecule has 0 aliphatic heterocycles. The van der Waals surface area contributed by atoms with E-state index >= 15 is 0 Å². The fourth-order valence-corrected chi connectivity index (χ4v) is 2.75. The second-order valence-corrected chi connectivity index (χ2v) is 6.51. The van der Waals surface area contributed by atoms with E-state index in [2.05, 4.69) is 6.92 Å². The zero-order valence-corrected chi connectivity index (χ0v) is 16.1. The maximum absolute atomic E-state index is 11.7. The average molecular weight is 374 g/mol. The Morgan fingerprint density at radius 1 is 0.821 bits per heavy atom. The van der Waals surface area contributed by atoms with Crippen molar-refractivity contribution >= 4 is 17.6 Å². The van der Waals surface area contributed by atoms with Gasteiger partial charge < -0.3 is 14.6 Å². The van der Waals surface area contributed by atoms with Gasteiger partial charge in [-0.15, -0.1) is 0 Å². The van der Waals surface area contributed by atoms with E-state index in [0.717, 1.165) is 11.3 Å². The Hall–Kier alpha value is -3.53. The van der Waals surface area contributed by atoms with Gasteiger partial charge in [-0.2, -0.15) is 0 Å². The predicted molar refractivity (Wildman–Crippen MR) is 111 cm³/mol. The normalized spacial score (nSPS) is 11.2. The van der Waals surface area contributed by atoms with E-state index in [4.69, 9.17) is 9.47 Å². The molecule has 4 heteroatoms. The molecule has 0 aliphatic carbocycles. The van der Waals surface area contributed by atoms with Gasteiger partial charge in [-0.05, 0) is 78.6 Å². The van der Waals surface area contributed by atoms with Crippen LogP contribution in [0.1, 0.15) is 22.3 Å². The van der Waals surface area contributed by atoms with Crippen LogP contribution in [-0.2, 0) is 4.79 Å². The average Bonchev–Trinajstić information content (AvgIpc) is 2.70. The number of aryl methyl sites for hydroxylation is 2. The fraction of sp³-hybridized carbons (Fsp3) is 0.125. The van der Waals surface area contributed by atoms with Crippen molar-refractivity contribution in [3.8, 4) is 17.2 Å². The molecule has 0 aliphatic rings. The van der Waals surface area contributed by atoms with Gasteiger partial charge in [0.15, 0.2) is 0 Å². The number of ether oxygens (including phenoxy) is 2. The molecule has 1 N–H and O–H groups in total. The summed E-state index contributed by atoms with van der Waals surface area (Å²) in [5.74, 6) is 1.17. The summed E-state index contributed by atoms with van der Waals surface area (Å²) in [6, 6.07) is 20.2. The van der Waals surface area contributed by atoms with Crippen LogP contribution in [0.2, 0.25) is 0 Å². The number of carboxylic acids is 1. The van der Waals surface area contributed by atoms with Crippen LogP contribution in [-0.4, -0.2) is 18.2 Å². The largest absolute Gasteiger partial charge is 0.497 e. The third kappa shape index (κ3) is 4.60. The Morgan fingerprint density at radius 3 is 2.00 bits per heavy atom. The fourth-order valence-electron chi connectivity index (χ4n) is 2.75. The SMILES string of the molecule is COc1ccc(/C(=C\c2ccc(Oc3ccc(C)c(C)c3)cc2)C(=O)O)cc1. The number of hydrogen-bond acceptors (Lipinski definition) is 3. The quantitative estimate of drug-likeness (QED) is 0.442. The second-order valence-electron chi connectivity index (χ2n) is 6.51. The highest BCUT2D eigenvalue weighted by molar-refractivity contribution is 6.20. The van der Waals surface area contributed by atoms with E-state index < -0.39 is 5.97 Å². The molecule has 142 valence electrons. The van der Waals surface area contributed by atoms with E-state index in [1.54, 1.807) is 37.5 Å². The van der Waals surface area contributed by atoms with E-state index in [-0.39, 0.29) is 5.57 Å². The smallest absolute Gasteiger partial charge is 0.336 e. The number of carboxylic acid groups (broad SMARTS) is 1. The number of rotatable bonds is 6. The highest BCUT2D eigenvalue weighted by Gasteiger charge is 2.11. The molecule has 0 aromatic heterocycles. The van der Waals surface area contributed by atoms with Crippen LogP contribution >= 0.6 is 0 Å². The van der Waals surface area contributed by atoms with E-state index in [0.29, 0.717) is 17.1 Å². The minimum atomic E-state index is -0.986. The third-order valence-corrected chi connectivity index (χ3v) is 4.54. The number of benzene rings is 3. The molecule has 3 aromatic carbocycles. The van der Waals surface area contributed by atoms with Crippen molar-refractivity contribution < 1.29 is 19.4 Å². The van der Waals surface area contributed by atoms with Crippen molar-refractivity contribution in [1.82, 2.24) is 0 Å². The molecule has 0 fully saturated rings. The minimum absolute atomic E-state index is 0.213. The van der Waals surface area contributed by atoms with E-state index in [1.165, 1.54) is 11.1 Å². The van der Waals surface area contributed by atoms with Crippen LogP contribution in [0.25, 0.3) is 11.6 Å². The van der Waals surface area contributed by atoms with Crippen molar-refractivity contribution in [2.75, 3.05) is 7.11 Å². The Balaban J connectivity index is 1.81. The lowest BCUT2D eigenvalue weighted by atomic mass is 10.0. The van der Waals surface area contributed by atoms with Gasteiger partial charge in [-0.3, -0.25) is 0 Å². The van der Waals surface area contributed by atoms with Crippen molar-refractivity contribution in [2.45, 2.75) is 13.8 Å². The lowest BCUT2D eigenvalue weighted by Crippen LogP contribution is -1.99. The number of carbonyl (C=O) groups is 1. The molecule has 0 saturated heterocycles. The maximum atomic E-state index is 11.7.